The Hall–Kier alpha value is -2.21. The first-order valence-corrected chi connectivity index (χ1v) is 16.6. The molecule has 1 saturated heterocycles. The van der Waals surface area contributed by atoms with Crippen LogP contribution in [-0.4, -0.2) is 54.0 Å². The van der Waals surface area contributed by atoms with E-state index in [1.165, 1.54) is 19.3 Å². The van der Waals surface area contributed by atoms with E-state index in [-0.39, 0.29) is 53.7 Å². The third-order valence-corrected chi connectivity index (χ3v) is 10.2. The minimum atomic E-state index is -0.765. The molecule has 4 aliphatic rings. The summed E-state index contributed by atoms with van der Waals surface area (Å²) in [5, 5.41) is 13.1. The predicted octanol–water partition coefficient (Wildman–Crippen LogP) is 4.99. The molecule has 0 aromatic carbocycles. The number of Topliss-reactive ketones (excluding diaryl/α,β-unsaturated/α-hetero) is 1. The van der Waals surface area contributed by atoms with Gasteiger partial charge in [-0.2, -0.15) is 0 Å². The summed E-state index contributed by atoms with van der Waals surface area (Å²) in [4.78, 5) is 41.3. The maximum atomic E-state index is 13.8. The fourth-order valence-electron chi connectivity index (χ4n) is 7.59. The second kappa shape index (κ2) is 15.7. The molecule has 11 nitrogen and oxygen atoms in total. The van der Waals surface area contributed by atoms with Gasteiger partial charge >= 0.3 is 7.12 Å². The number of nitrogens with zero attached hydrogens (tertiary/aromatic N) is 2. The molecule has 0 spiro atoms. The number of nitrogens with two attached hydrogens (primary N) is 1. The molecule has 3 saturated carbocycles. The molecule has 3 aliphatic carbocycles. The zero-order valence-electron chi connectivity index (χ0n) is 27.4. The number of hydrogen-bond acceptors (Lipinski definition) is 7. The van der Waals surface area contributed by atoms with Crippen molar-refractivity contribution in [2.24, 2.45) is 39.8 Å². The zero-order chi connectivity index (χ0) is 31.8. The number of nitrogens with one attached hydrogen (secondary N) is 2. The van der Waals surface area contributed by atoms with Gasteiger partial charge in [0.2, 0.25) is 5.91 Å². The lowest BCUT2D eigenvalue weighted by Gasteiger charge is -2.64. The molecular weight excluding hydrogens is 549 g/mol. The lowest BCUT2D eigenvalue weighted by molar-refractivity contribution is -0.525. The number of hydrogen-bond donors (Lipinski definition) is 3. The van der Waals surface area contributed by atoms with Crippen molar-refractivity contribution in [3.8, 4) is 0 Å². The van der Waals surface area contributed by atoms with E-state index in [1.807, 2.05) is 5.43 Å². The van der Waals surface area contributed by atoms with Crippen LogP contribution in [0.1, 0.15) is 125 Å². The number of carbonyl (C=O) groups is 2. The van der Waals surface area contributed by atoms with Crippen LogP contribution in [0.5, 0.6) is 0 Å². The van der Waals surface area contributed by atoms with E-state index in [1.54, 1.807) is 0 Å². The van der Waals surface area contributed by atoms with Crippen LogP contribution in [0.3, 0.4) is 0 Å². The third-order valence-electron chi connectivity index (χ3n) is 10.2. The van der Waals surface area contributed by atoms with Gasteiger partial charge in [-0.25, -0.2) is 15.1 Å². The lowest BCUT2D eigenvalue weighted by Crippen LogP contribution is -2.65. The van der Waals surface area contributed by atoms with Gasteiger partial charge in [0, 0.05) is 25.3 Å². The first kappa shape index (κ1) is 35.3. The van der Waals surface area contributed by atoms with Gasteiger partial charge in [-0.15, -0.1) is 0 Å². The second-order valence-corrected chi connectivity index (χ2v) is 14.3. The van der Waals surface area contributed by atoms with Crippen molar-refractivity contribution < 1.29 is 23.9 Å². The molecule has 0 unspecified atom stereocenters. The topological polar surface area (TPSA) is 158 Å². The summed E-state index contributed by atoms with van der Waals surface area (Å²) >= 11 is 0. The number of rotatable bonds is 19. The normalized spacial score (nSPS) is 27.3. The number of carbonyl (C=O) groups excluding carboxylic acids is 2. The number of guanidine groups is 1. The highest BCUT2D eigenvalue weighted by Crippen LogP contribution is 2.65. The molecule has 2 bridgehead atoms. The fraction of sp³-hybridized carbons (Fsp3) is 0.903. The standard InChI is InChI=1S/C31H56BN5O6/c1-7-8-9-10-11-12-15-24(38)18-22(14-13-16-34-29(33)36-37(40)41)28(39)35-27(17-21(2)3)32-42-26-20-23-19-25(30(23,4)5)31(26,6)43-32/h21-23,25-27H,7-20H2,1-6H3,(H,35,39)(H3,33,34,36)/t22-,23-,25-,26-,27+,31+/m1/s1. The molecule has 4 rings (SSSR count). The monoisotopic (exact) mass is 605 g/mol. The Morgan fingerprint density at radius 1 is 1.12 bits per heavy atom. The molecule has 1 amide bonds. The first-order chi connectivity index (χ1) is 20.3. The van der Waals surface area contributed by atoms with E-state index in [4.69, 9.17) is 15.0 Å². The number of hydrazine groups is 1. The van der Waals surface area contributed by atoms with E-state index in [9.17, 15) is 19.7 Å². The summed E-state index contributed by atoms with van der Waals surface area (Å²) in [6.07, 6.45) is 10.9. The van der Waals surface area contributed by atoms with Crippen molar-refractivity contribution in [3.05, 3.63) is 10.1 Å². The molecule has 1 aliphatic heterocycles. The third kappa shape index (κ3) is 9.39. The van der Waals surface area contributed by atoms with Gasteiger partial charge < -0.3 is 20.4 Å². The minimum absolute atomic E-state index is 0.0200. The van der Waals surface area contributed by atoms with Crippen LogP contribution < -0.4 is 16.5 Å². The molecule has 12 heteroatoms. The van der Waals surface area contributed by atoms with Crippen LogP contribution in [-0.2, 0) is 18.9 Å². The Labute approximate surface area is 258 Å². The molecule has 43 heavy (non-hydrogen) atoms. The van der Waals surface area contributed by atoms with E-state index in [0.717, 1.165) is 32.1 Å². The largest absolute Gasteiger partial charge is 0.481 e. The Morgan fingerprint density at radius 2 is 1.81 bits per heavy atom. The van der Waals surface area contributed by atoms with Crippen LogP contribution in [0, 0.1) is 39.2 Å². The quantitative estimate of drug-likeness (QED) is 0.0464. The van der Waals surface area contributed by atoms with E-state index in [2.05, 4.69) is 51.9 Å². The van der Waals surface area contributed by atoms with Crippen LogP contribution >= 0.6 is 0 Å². The van der Waals surface area contributed by atoms with Crippen LogP contribution in [0.4, 0.5) is 0 Å². The van der Waals surface area contributed by atoms with Crippen molar-refractivity contribution in [1.82, 2.24) is 10.7 Å². The first-order valence-electron chi connectivity index (χ1n) is 16.6. The number of aliphatic imine (C=N–C) groups is 1. The van der Waals surface area contributed by atoms with Gasteiger partial charge in [0.15, 0.2) is 5.03 Å². The van der Waals surface area contributed by atoms with Gasteiger partial charge in [-0.05, 0) is 68.6 Å². The van der Waals surface area contributed by atoms with Gasteiger partial charge in [-0.3, -0.25) is 9.59 Å². The van der Waals surface area contributed by atoms with Crippen molar-refractivity contribution in [2.45, 2.75) is 143 Å². The maximum Gasteiger partial charge on any atom is 0.481 e. The molecular formula is C31H56BN5O6. The van der Waals surface area contributed by atoms with E-state index in [0.29, 0.717) is 43.4 Å². The Kier molecular flexibility index (Phi) is 12.9. The molecule has 0 aromatic heterocycles. The summed E-state index contributed by atoms with van der Waals surface area (Å²) < 4.78 is 13.3. The van der Waals surface area contributed by atoms with Gasteiger partial charge in [0.1, 0.15) is 5.78 Å². The van der Waals surface area contributed by atoms with Gasteiger partial charge in [0.25, 0.3) is 5.96 Å². The summed E-state index contributed by atoms with van der Waals surface area (Å²) in [6, 6.07) is 0. The number of unbranched alkanes of at least 4 members (excludes halogenated alkanes) is 5. The molecule has 244 valence electrons. The van der Waals surface area contributed by atoms with Crippen molar-refractivity contribution in [2.75, 3.05) is 6.54 Å². The maximum absolute atomic E-state index is 13.8. The van der Waals surface area contributed by atoms with Crippen molar-refractivity contribution in [3.63, 3.8) is 0 Å². The highest BCUT2D eigenvalue weighted by Gasteiger charge is 2.68. The number of amides is 1. The molecule has 0 aromatic rings. The SMILES string of the molecule is CCCCCCCCC(=O)C[C@@H](CCCN=C(N)N[N+](=O)[O-])C(=O)N[C@@H](CC(C)C)B1O[C@@H]2C[C@H]3C[C@H](C3(C)C)[C@]2(C)O1. The summed E-state index contributed by atoms with van der Waals surface area (Å²) in [6.45, 7) is 13.5. The molecule has 4 N–H and O–H groups in total. The molecule has 6 atom stereocenters. The summed E-state index contributed by atoms with van der Waals surface area (Å²) in [7, 11) is -0.534. The van der Waals surface area contributed by atoms with Gasteiger partial charge in [-0.1, -0.05) is 72.1 Å². The lowest BCUT2D eigenvalue weighted by atomic mass is 9.43. The minimum Gasteiger partial charge on any atom is -0.404 e. The molecule has 1 heterocycles. The zero-order valence-corrected chi connectivity index (χ0v) is 27.4. The summed E-state index contributed by atoms with van der Waals surface area (Å²) in [5.41, 5.74) is 7.22. The van der Waals surface area contributed by atoms with Crippen LogP contribution in [0.15, 0.2) is 4.99 Å². The smallest absolute Gasteiger partial charge is 0.404 e. The average molecular weight is 606 g/mol. The van der Waals surface area contributed by atoms with Crippen LogP contribution in [0.25, 0.3) is 0 Å². The summed E-state index contributed by atoms with van der Waals surface area (Å²) in [5.74, 6) is 0.121. The Bertz CT molecular complexity index is 994. The number of ketones is 1. The van der Waals surface area contributed by atoms with E-state index >= 15 is 0 Å². The van der Waals surface area contributed by atoms with Crippen molar-refractivity contribution in [1.29, 1.82) is 0 Å². The highest BCUT2D eigenvalue weighted by molar-refractivity contribution is 6.47. The van der Waals surface area contributed by atoms with E-state index < -0.39 is 18.1 Å². The second-order valence-electron chi connectivity index (χ2n) is 14.3. The molecule has 4 fully saturated rings. The highest BCUT2D eigenvalue weighted by atomic mass is 16.7. The van der Waals surface area contributed by atoms with Gasteiger partial charge in [0.05, 0.1) is 17.6 Å². The average Bonchev–Trinajstić information content (AvgIpc) is 3.28. The molecule has 0 radical (unpaired) electrons. The number of nitro groups is 1. The Morgan fingerprint density at radius 3 is 2.47 bits per heavy atom. The Balaban J connectivity index is 1.64. The van der Waals surface area contributed by atoms with Crippen molar-refractivity contribution >= 4 is 24.8 Å². The fourth-order valence-corrected chi connectivity index (χ4v) is 7.59. The van der Waals surface area contributed by atoms with Crippen LogP contribution in [0.2, 0.25) is 0 Å². The predicted molar refractivity (Wildman–Crippen MR) is 168 cm³/mol.